The number of para-hydroxylation sites is 1. The third kappa shape index (κ3) is 6.04. The predicted octanol–water partition coefficient (Wildman–Crippen LogP) is 3.28. The summed E-state index contributed by atoms with van der Waals surface area (Å²) in [6.45, 7) is 1.74. The van der Waals surface area contributed by atoms with Gasteiger partial charge in [-0.1, -0.05) is 36.4 Å². The lowest BCUT2D eigenvalue weighted by atomic mass is 10.0. The highest BCUT2D eigenvalue weighted by Gasteiger charge is 2.28. The summed E-state index contributed by atoms with van der Waals surface area (Å²) in [5, 5.41) is 1.22. The van der Waals surface area contributed by atoms with Gasteiger partial charge in [0.25, 0.3) is 10.2 Å². The number of hydrogen-bond acceptors (Lipinski definition) is 5. The second-order valence-corrected chi connectivity index (χ2v) is 11.2. The second kappa shape index (κ2) is 11.4. The maximum Gasteiger partial charge on any atom is 0.330 e. The number of nitrogens with one attached hydrogen (secondary N) is 2. The molecule has 192 valence electrons. The van der Waals surface area contributed by atoms with Gasteiger partial charge in [0.05, 0.1) is 7.11 Å². The lowest BCUT2D eigenvalue weighted by Gasteiger charge is -2.30. The van der Waals surface area contributed by atoms with Crippen LogP contribution in [0.1, 0.15) is 34.7 Å². The van der Waals surface area contributed by atoms with E-state index in [0.29, 0.717) is 13.1 Å². The van der Waals surface area contributed by atoms with Crippen LogP contribution in [0.5, 0.6) is 0 Å². The van der Waals surface area contributed by atoms with E-state index in [1.807, 2.05) is 18.2 Å². The number of aryl methyl sites for hydroxylation is 1. The standard InChI is InChI=1S/C27H34N4O4S/c1-30(2)36(33,34)29-15-17-31(16-14-22-19-28-25-7-5-4-6-23(22)25)26-12-10-21-18-20(8-11-24(21)26)9-13-27(32)35-3/h4-9,11,13,18-19,26,28-29H,10,12,14-17H2,1-3H3/b13-9+. The molecule has 36 heavy (non-hydrogen) atoms. The van der Waals surface area contributed by atoms with Crippen LogP contribution in [0.2, 0.25) is 0 Å². The molecule has 4 rings (SSSR count). The van der Waals surface area contributed by atoms with Crippen LogP contribution in [0.4, 0.5) is 0 Å². The Morgan fingerprint density at radius 2 is 2.00 bits per heavy atom. The number of carbonyl (C=O) groups is 1. The Bertz CT molecular complexity index is 1350. The summed E-state index contributed by atoms with van der Waals surface area (Å²) in [6.07, 6.45) is 8.03. The molecular weight excluding hydrogens is 476 g/mol. The van der Waals surface area contributed by atoms with Gasteiger partial charge in [0.2, 0.25) is 0 Å². The second-order valence-electron chi connectivity index (χ2n) is 9.20. The molecule has 1 unspecified atom stereocenters. The number of methoxy groups -OCH3 is 1. The zero-order chi connectivity index (χ0) is 25.7. The van der Waals surface area contributed by atoms with Crippen molar-refractivity contribution in [2.45, 2.75) is 25.3 Å². The highest BCUT2D eigenvalue weighted by atomic mass is 32.2. The molecule has 9 heteroatoms. The zero-order valence-corrected chi connectivity index (χ0v) is 21.8. The topological polar surface area (TPSA) is 94.7 Å². The van der Waals surface area contributed by atoms with E-state index in [4.69, 9.17) is 0 Å². The molecule has 1 aliphatic rings. The predicted molar refractivity (Wildman–Crippen MR) is 143 cm³/mol. The summed E-state index contributed by atoms with van der Waals surface area (Å²) in [6, 6.07) is 14.8. The van der Waals surface area contributed by atoms with Gasteiger partial charge in [0, 0.05) is 62.9 Å². The molecule has 0 amide bonds. The Balaban J connectivity index is 1.52. The Hall–Kier alpha value is -2.98. The van der Waals surface area contributed by atoms with Crippen LogP contribution in [0.25, 0.3) is 17.0 Å². The van der Waals surface area contributed by atoms with Gasteiger partial charge in [0.1, 0.15) is 0 Å². The van der Waals surface area contributed by atoms with E-state index in [9.17, 15) is 13.2 Å². The molecular formula is C27H34N4O4S. The Morgan fingerprint density at radius 1 is 1.19 bits per heavy atom. The van der Waals surface area contributed by atoms with Crippen molar-refractivity contribution in [1.29, 1.82) is 0 Å². The largest absolute Gasteiger partial charge is 0.466 e. The van der Waals surface area contributed by atoms with Gasteiger partial charge < -0.3 is 9.72 Å². The molecule has 3 aromatic rings. The van der Waals surface area contributed by atoms with Crippen molar-refractivity contribution >= 4 is 33.2 Å². The first-order chi connectivity index (χ1) is 17.3. The van der Waals surface area contributed by atoms with E-state index < -0.39 is 10.2 Å². The Kier molecular flexibility index (Phi) is 8.25. The van der Waals surface area contributed by atoms with E-state index in [2.05, 4.69) is 49.8 Å². The summed E-state index contributed by atoms with van der Waals surface area (Å²) in [5.74, 6) is -0.378. The minimum absolute atomic E-state index is 0.202. The fourth-order valence-corrected chi connectivity index (χ4v) is 5.41. The molecule has 1 aromatic heterocycles. The summed E-state index contributed by atoms with van der Waals surface area (Å²) >= 11 is 0. The number of hydrogen-bond donors (Lipinski definition) is 2. The monoisotopic (exact) mass is 510 g/mol. The Morgan fingerprint density at radius 3 is 2.78 bits per heavy atom. The number of esters is 1. The normalized spacial score (nSPS) is 15.9. The summed E-state index contributed by atoms with van der Waals surface area (Å²) in [4.78, 5) is 17.2. The van der Waals surface area contributed by atoms with Gasteiger partial charge in [0.15, 0.2) is 0 Å². The highest BCUT2D eigenvalue weighted by molar-refractivity contribution is 7.87. The maximum absolute atomic E-state index is 12.2. The van der Waals surface area contributed by atoms with Crippen molar-refractivity contribution in [3.05, 3.63) is 77.0 Å². The third-order valence-corrected chi connectivity index (χ3v) is 8.30. The Labute approximate surface area is 213 Å². The number of carbonyl (C=O) groups excluding carboxylic acids is 1. The van der Waals surface area contributed by atoms with Crippen molar-refractivity contribution in [3.63, 3.8) is 0 Å². The summed E-state index contributed by atoms with van der Waals surface area (Å²) in [5.41, 5.74) is 5.86. The SMILES string of the molecule is COC(=O)/C=C/c1ccc2c(c1)CCC2N(CCNS(=O)(=O)N(C)C)CCc1c[nH]c2ccccc12. The van der Waals surface area contributed by atoms with Gasteiger partial charge in [-0.25, -0.2) is 9.52 Å². The number of fused-ring (bicyclic) bond motifs is 2. The van der Waals surface area contributed by atoms with Crippen LogP contribution >= 0.6 is 0 Å². The zero-order valence-electron chi connectivity index (χ0n) is 21.0. The molecule has 0 saturated heterocycles. The number of aromatic amines is 1. The van der Waals surface area contributed by atoms with E-state index in [1.54, 1.807) is 6.08 Å². The van der Waals surface area contributed by atoms with Crippen molar-refractivity contribution in [1.82, 2.24) is 18.9 Å². The first kappa shape index (κ1) is 26.1. The van der Waals surface area contributed by atoms with Crippen LogP contribution < -0.4 is 4.72 Å². The fraction of sp³-hybridized carbons (Fsp3) is 0.370. The molecule has 1 heterocycles. The molecule has 2 aromatic carbocycles. The highest BCUT2D eigenvalue weighted by Crippen LogP contribution is 2.36. The van der Waals surface area contributed by atoms with Gasteiger partial charge in [-0.3, -0.25) is 4.90 Å². The van der Waals surface area contributed by atoms with Gasteiger partial charge in [-0.05, 0) is 53.7 Å². The van der Waals surface area contributed by atoms with Crippen molar-refractivity contribution < 1.29 is 17.9 Å². The molecule has 2 N–H and O–H groups in total. The lowest BCUT2D eigenvalue weighted by Crippen LogP contribution is -2.41. The number of rotatable bonds is 11. The van der Waals surface area contributed by atoms with Gasteiger partial charge in [-0.15, -0.1) is 0 Å². The number of H-pyrrole nitrogens is 1. The van der Waals surface area contributed by atoms with Gasteiger partial charge >= 0.3 is 5.97 Å². The smallest absolute Gasteiger partial charge is 0.330 e. The number of ether oxygens (including phenoxy) is 1. The van der Waals surface area contributed by atoms with Gasteiger partial charge in [-0.2, -0.15) is 12.7 Å². The quantitative estimate of drug-likeness (QED) is 0.305. The number of aromatic nitrogens is 1. The van der Waals surface area contributed by atoms with Crippen LogP contribution in [-0.4, -0.2) is 69.4 Å². The molecule has 0 fully saturated rings. The fourth-order valence-electron chi connectivity index (χ4n) is 4.80. The molecule has 0 aliphatic heterocycles. The molecule has 0 saturated carbocycles. The van der Waals surface area contributed by atoms with Crippen molar-refractivity contribution in [2.75, 3.05) is 40.8 Å². The molecule has 1 aliphatic carbocycles. The van der Waals surface area contributed by atoms with Crippen LogP contribution in [0.15, 0.2) is 54.7 Å². The molecule has 8 nitrogen and oxygen atoms in total. The van der Waals surface area contributed by atoms with Crippen LogP contribution in [0.3, 0.4) is 0 Å². The minimum Gasteiger partial charge on any atom is -0.466 e. The first-order valence-electron chi connectivity index (χ1n) is 12.1. The molecule has 1 atom stereocenters. The van der Waals surface area contributed by atoms with E-state index >= 15 is 0 Å². The van der Waals surface area contributed by atoms with Crippen LogP contribution in [-0.2, 0) is 32.6 Å². The average Bonchev–Trinajstić information content (AvgIpc) is 3.48. The van der Waals surface area contributed by atoms with E-state index in [0.717, 1.165) is 36.9 Å². The average molecular weight is 511 g/mol. The number of nitrogens with zero attached hydrogens (tertiary/aromatic N) is 2. The minimum atomic E-state index is -3.48. The molecule has 0 radical (unpaired) electrons. The lowest BCUT2D eigenvalue weighted by molar-refractivity contribution is -0.134. The summed E-state index contributed by atoms with van der Waals surface area (Å²) in [7, 11) is 0.933. The van der Waals surface area contributed by atoms with E-state index in [-0.39, 0.29) is 12.0 Å². The van der Waals surface area contributed by atoms with Crippen molar-refractivity contribution in [3.8, 4) is 0 Å². The van der Waals surface area contributed by atoms with Crippen molar-refractivity contribution in [2.24, 2.45) is 0 Å². The molecule has 0 spiro atoms. The summed E-state index contributed by atoms with van der Waals surface area (Å²) < 4.78 is 33.1. The number of benzene rings is 2. The maximum atomic E-state index is 12.2. The van der Waals surface area contributed by atoms with E-state index in [1.165, 1.54) is 53.7 Å². The third-order valence-electron chi connectivity index (χ3n) is 6.77. The van der Waals surface area contributed by atoms with Crippen LogP contribution in [0, 0.1) is 0 Å². The first-order valence-corrected chi connectivity index (χ1v) is 13.6. The molecule has 0 bridgehead atoms.